The SMILES string of the molecule is CNC(=O)C1CN(Cc2ccc(NCc3ccc(Cl)c(Cl)c3)cc2)C1. The number of benzene rings is 2. The topological polar surface area (TPSA) is 44.4 Å². The molecular weight excluding hydrogens is 357 g/mol. The first-order valence-corrected chi connectivity index (χ1v) is 9.01. The highest BCUT2D eigenvalue weighted by Crippen LogP contribution is 2.23. The van der Waals surface area contributed by atoms with E-state index in [1.807, 2.05) is 18.2 Å². The van der Waals surface area contributed by atoms with Crippen LogP contribution in [0.5, 0.6) is 0 Å². The molecule has 3 rings (SSSR count). The fraction of sp³-hybridized carbons (Fsp3) is 0.316. The lowest BCUT2D eigenvalue weighted by Gasteiger charge is -2.38. The van der Waals surface area contributed by atoms with Crippen LogP contribution in [0.1, 0.15) is 11.1 Å². The van der Waals surface area contributed by atoms with Crippen molar-refractivity contribution in [3.8, 4) is 0 Å². The summed E-state index contributed by atoms with van der Waals surface area (Å²) in [6.07, 6.45) is 0. The third-order valence-corrected chi connectivity index (χ3v) is 5.15. The average Bonchev–Trinajstić information content (AvgIpc) is 2.59. The van der Waals surface area contributed by atoms with Crippen LogP contribution in [0.2, 0.25) is 10.0 Å². The molecule has 1 fully saturated rings. The summed E-state index contributed by atoms with van der Waals surface area (Å²) in [4.78, 5) is 13.8. The highest BCUT2D eigenvalue weighted by molar-refractivity contribution is 6.42. The summed E-state index contributed by atoms with van der Waals surface area (Å²) in [6.45, 7) is 3.23. The summed E-state index contributed by atoms with van der Waals surface area (Å²) in [6, 6.07) is 14.0. The molecule has 2 aromatic carbocycles. The molecule has 6 heteroatoms. The summed E-state index contributed by atoms with van der Waals surface area (Å²) in [5.74, 6) is 0.273. The molecule has 0 unspecified atom stereocenters. The Kier molecular flexibility index (Phi) is 5.84. The number of likely N-dealkylation sites (tertiary alicyclic amines) is 1. The molecule has 0 radical (unpaired) electrons. The van der Waals surface area contributed by atoms with Crippen molar-refractivity contribution in [2.45, 2.75) is 13.1 Å². The third kappa shape index (κ3) is 4.66. The zero-order valence-corrected chi connectivity index (χ0v) is 15.6. The van der Waals surface area contributed by atoms with Gasteiger partial charge in [-0.1, -0.05) is 41.4 Å². The lowest BCUT2D eigenvalue weighted by molar-refractivity contribution is -0.129. The summed E-state index contributed by atoms with van der Waals surface area (Å²) < 4.78 is 0. The van der Waals surface area contributed by atoms with Gasteiger partial charge in [-0.15, -0.1) is 0 Å². The van der Waals surface area contributed by atoms with Gasteiger partial charge in [0.1, 0.15) is 0 Å². The molecule has 0 atom stereocenters. The summed E-state index contributed by atoms with van der Waals surface area (Å²) in [5.41, 5.74) is 3.39. The van der Waals surface area contributed by atoms with Crippen LogP contribution in [0.3, 0.4) is 0 Å². The predicted molar refractivity (Wildman–Crippen MR) is 103 cm³/mol. The standard InChI is InChI=1S/C19H21Cl2N3O/c1-22-19(25)15-11-24(12-15)10-13-2-5-16(6-3-13)23-9-14-4-7-17(20)18(21)8-14/h2-8,15,23H,9-12H2,1H3,(H,22,25). The van der Waals surface area contributed by atoms with Crippen LogP contribution >= 0.6 is 23.2 Å². The Morgan fingerprint density at radius 2 is 1.76 bits per heavy atom. The molecule has 25 heavy (non-hydrogen) atoms. The molecule has 0 saturated carbocycles. The van der Waals surface area contributed by atoms with Gasteiger partial charge in [0, 0.05) is 38.9 Å². The van der Waals surface area contributed by atoms with E-state index in [0.717, 1.165) is 30.9 Å². The molecule has 1 aliphatic rings. The van der Waals surface area contributed by atoms with Crippen molar-refractivity contribution in [1.29, 1.82) is 0 Å². The van der Waals surface area contributed by atoms with Crippen molar-refractivity contribution in [2.24, 2.45) is 5.92 Å². The Morgan fingerprint density at radius 1 is 1.08 bits per heavy atom. The van der Waals surface area contributed by atoms with Gasteiger partial charge < -0.3 is 10.6 Å². The molecule has 1 aliphatic heterocycles. The van der Waals surface area contributed by atoms with Crippen LogP contribution in [0.25, 0.3) is 0 Å². The van der Waals surface area contributed by atoms with E-state index in [2.05, 4.69) is 39.8 Å². The lowest BCUT2D eigenvalue weighted by atomic mass is 9.98. The number of nitrogens with one attached hydrogen (secondary N) is 2. The summed E-state index contributed by atoms with van der Waals surface area (Å²) in [5, 5.41) is 7.22. The molecule has 2 N–H and O–H groups in total. The maximum absolute atomic E-state index is 11.5. The quantitative estimate of drug-likeness (QED) is 0.804. The normalized spacial score (nSPS) is 14.8. The van der Waals surface area contributed by atoms with Gasteiger partial charge in [0.2, 0.25) is 5.91 Å². The van der Waals surface area contributed by atoms with Gasteiger partial charge in [-0.25, -0.2) is 0 Å². The van der Waals surface area contributed by atoms with E-state index < -0.39 is 0 Å². The molecule has 132 valence electrons. The first kappa shape index (κ1) is 18.1. The van der Waals surface area contributed by atoms with Crippen molar-refractivity contribution < 1.29 is 4.79 Å². The molecule has 2 aromatic rings. The van der Waals surface area contributed by atoms with Crippen molar-refractivity contribution in [1.82, 2.24) is 10.2 Å². The highest BCUT2D eigenvalue weighted by atomic mass is 35.5. The van der Waals surface area contributed by atoms with Crippen LogP contribution in [-0.2, 0) is 17.9 Å². The smallest absolute Gasteiger partial charge is 0.225 e. The number of carbonyl (C=O) groups excluding carboxylic acids is 1. The molecular formula is C19H21Cl2N3O. The largest absolute Gasteiger partial charge is 0.381 e. The Bertz CT molecular complexity index is 743. The van der Waals surface area contributed by atoms with Crippen molar-refractivity contribution in [3.05, 3.63) is 63.6 Å². The van der Waals surface area contributed by atoms with Gasteiger partial charge in [-0.05, 0) is 35.4 Å². The second-order valence-electron chi connectivity index (χ2n) is 6.30. The maximum Gasteiger partial charge on any atom is 0.225 e. The number of anilines is 1. The fourth-order valence-electron chi connectivity index (χ4n) is 2.91. The monoisotopic (exact) mass is 377 g/mol. The van der Waals surface area contributed by atoms with Crippen LogP contribution in [0.15, 0.2) is 42.5 Å². The predicted octanol–water partition coefficient (Wildman–Crippen LogP) is 3.78. The van der Waals surface area contributed by atoms with Crippen LogP contribution in [0.4, 0.5) is 5.69 Å². The van der Waals surface area contributed by atoms with Gasteiger partial charge in [-0.3, -0.25) is 9.69 Å². The Hall–Kier alpha value is -1.75. The van der Waals surface area contributed by atoms with E-state index in [-0.39, 0.29) is 11.8 Å². The van der Waals surface area contributed by atoms with E-state index in [0.29, 0.717) is 16.6 Å². The number of amides is 1. The number of halogens is 2. The van der Waals surface area contributed by atoms with Crippen LogP contribution in [-0.4, -0.2) is 30.9 Å². The molecule has 1 saturated heterocycles. The number of carbonyl (C=O) groups is 1. The van der Waals surface area contributed by atoms with Gasteiger partial charge in [0.15, 0.2) is 0 Å². The first-order valence-electron chi connectivity index (χ1n) is 8.26. The number of rotatable bonds is 6. The van der Waals surface area contributed by atoms with Crippen molar-refractivity contribution in [2.75, 3.05) is 25.5 Å². The Labute approximate surface area is 158 Å². The number of nitrogens with zero attached hydrogens (tertiary/aromatic N) is 1. The second kappa shape index (κ2) is 8.09. The van der Waals surface area contributed by atoms with E-state index >= 15 is 0 Å². The van der Waals surface area contributed by atoms with E-state index in [1.165, 1.54) is 5.56 Å². The number of hydrogen-bond donors (Lipinski definition) is 2. The fourth-order valence-corrected chi connectivity index (χ4v) is 3.23. The highest BCUT2D eigenvalue weighted by Gasteiger charge is 2.31. The van der Waals surface area contributed by atoms with Gasteiger partial charge >= 0.3 is 0 Å². The first-order chi connectivity index (χ1) is 12.0. The molecule has 1 heterocycles. The Balaban J connectivity index is 1.47. The van der Waals surface area contributed by atoms with E-state index in [4.69, 9.17) is 23.2 Å². The number of hydrogen-bond acceptors (Lipinski definition) is 3. The van der Waals surface area contributed by atoms with E-state index in [1.54, 1.807) is 7.05 Å². The molecule has 0 spiro atoms. The third-order valence-electron chi connectivity index (χ3n) is 4.42. The Morgan fingerprint density at radius 3 is 2.40 bits per heavy atom. The molecule has 4 nitrogen and oxygen atoms in total. The summed E-state index contributed by atoms with van der Waals surface area (Å²) >= 11 is 12.0. The van der Waals surface area contributed by atoms with Gasteiger partial charge in [0.25, 0.3) is 0 Å². The van der Waals surface area contributed by atoms with Crippen molar-refractivity contribution in [3.63, 3.8) is 0 Å². The van der Waals surface area contributed by atoms with Gasteiger partial charge in [-0.2, -0.15) is 0 Å². The lowest BCUT2D eigenvalue weighted by Crippen LogP contribution is -2.52. The van der Waals surface area contributed by atoms with Crippen LogP contribution in [0, 0.1) is 5.92 Å². The molecule has 1 amide bonds. The zero-order chi connectivity index (χ0) is 17.8. The van der Waals surface area contributed by atoms with Crippen LogP contribution < -0.4 is 10.6 Å². The van der Waals surface area contributed by atoms with Gasteiger partial charge in [0.05, 0.1) is 16.0 Å². The van der Waals surface area contributed by atoms with E-state index in [9.17, 15) is 4.79 Å². The summed E-state index contributed by atoms with van der Waals surface area (Å²) in [7, 11) is 1.69. The van der Waals surface area contributed by atoms with Crippen molar-refractivity contribution >= 4 is 34.8 Å². The minimum atomic E-state index is 0.136. The molecule has 0 aromatic heterocycles. The minimum absolute atomic E-state index is 0.136. The zero-order valence-electron chi connectivity index (χ0n) is 14.1. The average molecular weight is 378 g/mol. The molecule has 0 bridgehead atoms. The molecule has 0 aliphatic carbocycles. The second-order valence-corrected chi connectivity index (χ2v) is 7.12. The minimum Gasteiger partial charge on any atom is -0.381 e. The maximum atomic E-state index is 11.5.